The smallest absolute Gasteiger partial charge is 1.00 e. The maximum absolute atomic E-state index is 2.60. The minimum absolute atomic E-state index is 0. The van der Waals surface area contributed by atoms with E-state index in [1.54, 1.807) is 3.33 Å². The summed E-state index contributed by atoms with van der Waals surface area (Å²) in [7, 11) is -2.90. The van der Waals surface area contributed by atoms with Gasteiger partial charge in [0.15, 0.2) is 0 Å². The Bertz CT molecular complexity index is 2160. The van der Waals surface area contributed by atoms with Gasteiger partial charge >= 0.3 is 309 Å². The van der Waals surface area contributed by atoms with Gasteiger partial charge in [-0.1, -0.05) is 0 Å². The molecule has 4 aromatic rings. The number of benzene rings is 4. The van der Waals surface area contributed by atoms with Gasteiger partial charge in [-0.25, -0.2) is 0 Å². The average Bonchev–Trinajstić information content (AvgIpc) is 3.63. The van der Waals surface area contributed by atoms with Gasteiger partial charge in [-0.15, -0.1) is 0 Å². The van der Waals surface area contributed by atoms with Crippen molar-refractivity contribution in [1.29, 1.82) is 0 Å². The molecule has 0 amide bonds. The van der Waals surface area contributed by atoms with E-state index in [2.05, 4.69) is 172 Å². The first-order valence-electron chi connectivity index (χ1n) is 17.7. The summed E-state index contributed by atoms with van der Waals surface area (Å²) in [4.78, 5) is 0. The van der Waals surface area contributed by atoms with Crippen LogP contribution in [0.3, 0.4) is 0 Å². The zero-order valence-corrected chi connectivity index (χ0v) is 39.2. The number of allylic oxidation sites excluding steroid dienone is 4. The second-order valence-corrected chi connectivity index (χ2v) is 30.0. The molecule has 0 nitrogen and oxygen atoms in total. The molecular formula is C45H53Cl2HfSi2. The van der Waals surface area contributed by atoms with Crippen LogP contribution in [0.2, 0.25) is 39.3 Å². The molecule has 0 saturated carbocycles. The molecule has 0 atom stereocenters. The molecule has 259 valence electrons. The average molecular weight is 899 g/mol. The molecule has 2 aliphatic rings. The molecule has 0 aliphatic heterocycles. The summed E-state index contributed by atoms with van der Waals surface area (Å²) in [5, 5.41) is 8.79. The molecule has 0 fully saturated rings. The van der Waals surface area contributed by atoms with E-state index in [1.165, 1.54) is 75.8 Å². The third-order valence-corrected chi connectivity index (χ3v) is 16.1. The van der Waals surface area contributed by atoms with Gasteiger partial charge in [-0.2, -0.15) is 0 Å². The topological polar surface area (TPSA) is 0 Å². The van der Waals surface area contributed by atoms with E-state index in [9.17, 15) is 0 Å². The van der Waals surface area contributed by atoms with Crippen LogP contribution in [-0.4, -0.2) is 16.1 Å². The van der Waals surface area contributed by atoms with Crippen LogP contribution in [0.1, 0.15) is 81.3 Å². The van der Waals surface area contributed by atoms with Crippen molar-refractivity contribution in [1.82, 2.24) is 0 Å². The zero-order valence-electron chi connectivity index (χ0n) is 32.1. The number of hydrogen-bond acceptors (Lipinski definition) is 0. The molecule has 0 aromatic heterocycles. The third-order valence-electron chi connectivity index (χ3n) is 10.2. The Morgan fingerprint density at radius 1 is 0.620 bits per heavy atom. The molecular weight excluding hydrogens is 846 g/mol. The predicted molar refractivity (Wildman–Crippen MR) is 212 cm³/mol. The van der Waals surface area contributed by atoms with Gasteiger partial charge in [0, 0.05) is 0 Å². The van der Waals surface area contributed by atoms with Crippen molar-refractivity contribution in [2.75, 3.05) is 0 Å². The Labute approximate surface area is 331 Å². The SMILES string of the molecule is CC(C)(C)c1cc2c(c(C3=CC=CC3)c1=C(c1ccc([Si](C)(C)C)cc1)c1ccc([Si](C)(C)C)cc1)[C]([Hf+2])=c1c(C(C)(C)C)cccc1=2.[Cl-].[Cl-]. The summed E-state index contributed by atoms with van der Waals surface area (Å²) in [5.41, 5.74) is 11.3. The van der Waals surface area contributed by atoms with E-state index in [4.69, 9.17) is 0 Å². The van der Waals surface area contributed by atoms with Crippen LogP contribution in [0.4, 0.5) is 0 Å². The standard InChI is InChI=1S/C45H53Si2.2ClH.Hf/c1-44(2,3)39-19-15-18-35-36-29-40(45(4,5)6)43(42(30-16-13-14-17-30)38(36)28-37(35)39)41(31-20-24-33(25-21-31)46(7,8)9)32-22-26-34(27-23-32)47(10,11)12;;;/h13-16,18-27,29H,17H2,1-12H3;2*1H;/q;;;+2/p-2. The normalized spacial score (nSPS) is 14.1. The third kappa shape index (κ3) is 7.55. The minimum Gasteiger partial charge on any atom is -1.00 e. The van der Waals surface area contributed by atoms with Crippen molar-refractivity contribution in [3.05, 3.63) is 145 Å². The van der Waals surface area contributed by atoms with Crippen LogP contribution >= 0.6 is 0 Å². The second-order valence-electron chi connectivity index (χ2n) is 18.1. The van der Waals surface area contributed by atoms with E-state index < -0.39 is 16.1 Å². The van der Waals surface area contributed by atoms with Gasteiger partial charge in [0.25, 0.3) is 0 Å². The van der Waals surface area contributed by atoms with Crippen LogP contribution in [0, 0.1) is 10.4 Å². The van der Waals surface area contributed by atoms with Gasteiger partial charge in [-0.05, 0) is 0 Å². The quantitative estimate of drug-likeness (QED) is 0.271. The molecule has 2 aliphatic carbocycles. The largest absolute Gasteiger partial charge is 1.00 e. The maximum atomic E-state index is 2.60. The fourth-order valence-electron chi connectivity index (χ4n) is 7.49. The minimum atomic E-state index is -1.45. The van der Waals surface area contributed by atoms with Crippen LogP contribution in [-0.2, 0) is 35.2 Å². The molecule has 5 heteroatoms. The Balaban J connectivity index is 0.00000281. The van der Waals surface area contributed by atoms with Gasteiger partial charge in [-0.3, -0.25) is 0 Å². The molecule has 6 rings (SSSR count). The molecule has 0 saturated heterocycles. The molecule has 50 heavy (non-hydrogen) atoms. The number of rotatable bonds is 5. The first-order valence-corrected chi connectivity index (χ1v) is 26.5. The van der Waals surface area contributed by atoms with Gasteiger partial charge in [0.05, 0.1) is 0 Å². The first-order chi connectivity index (χ1) is 22.3. The van der Waals surface area contributed by atoms with Gasteiger partial charge in [0.2, 0.25) is 0 Å². The Morgan fingerprint density at radius 3 is 1.54 bits per heavy atom. The fraction of sp³-hybridized carbons (Fsp3) is 0.333. The molecule has 0 spiro atoms. The predicted octanol–water partition coefficient (Wildman–Crippen LogP) is 3.27. The van der Waals surface area contributed by atoms with Crippen molar-refractivity contribution < 1.29 is 49.2 Å². The van der Waals surface area contributed by atoms with Gasteiger partial charge in [0.1, 0.15) is 0 Å². The van der Waals surface area contributed by atoms with Gasteiger partial charge < -0.3 is 24.8 Å². The van der Waals surface area contributed by atoms with E-state index in [0.29, 0.717) is 0 Å². The Hall–Kier alpha value is -2.02. The molecule has 4 aromatic carbocycles. The summed E-state index contributed by atoms with van der Waals surface area (Å²) in [6.45, 7) is 29.0. The molecule has 0 N–H and O–H groups in total. The Kier molecular flexibility index (Phi) is 11.8. The molecule has 0 heterocycles. The summed E-state index contributed by atoms with van der Waals surface area (Å²) >= 11 is 0.985. The second kappa shape index (κ2) is 14.4. The van der Waals surface area contributed by atoms with E-state index in [-0.39, 0.29) is 35.6 Å². The van der Waals surface area contributed by atoms with Crippen LogP contribution in [0.5, 0.6) is 0 Å². The van der Waals surface area contributed by atoms with Crippen molar-refractivity contribution in [2.24, 2.45) is 0 Å². The fourth-order valence-corrected chi connectivity index (χ4v) is 11.7. The van der Waals surface area contributed by atoms with E-state index in [0.717, 1.165) is 30.8 Å². The van der Waals surface area contributed by atoms with Crippen LogP contribution in [0.15, 0.2) is 91.0 Å². The van der Waals surface area contributed by atoms with E-state index >= 15 is 0 Å². The number of fused-ring (bicyclic) bond motifs is 2. The number of hydrogen-bond donors (Lipinski definition) is 0. The maximum Gasteiger partial charge on any atom is -1.00 e. The van der Waals surface area contributed by atoms with Crippen LogP contribution < -0.4 is 45.6 Å². The van der Waals surface area contributed by atoms with Crippen molar-refractivity contribution in [2.45, 2.75) is 98.1 Å². The van der Waals surface area contributed by atoms with E-state index in [1.807, 2.05) is 0 Å². The zero-order chi connectivity index (χ0) is 35.0. The van der Waals surface area contributed by atoms with Crippen molar-refractivity contribution in [3.8, 4) is 0 Å². The van der Waals surface area contributed by atoms with Crippen molar-refractivity contribution >= 4 is 41.0 Å². The molecule has 0 radical (unpaired) electrons. The summed E-state index contributed by atoms with van der Waals surface area (Å²) in [6.07, 6.45) is 7.99. The molecule has 0 bridgehead atoms. The Morgan fingerprint density at radius 2 is 1.12 bits per heavy atom. The van der Waals surface area contributed by atoms with Crippen molar-refractivity contribution in [3.63, 3.8) is 0 Å². The summed E-state index contributed by atoms with van der Waals surface area (Å²) in [6, 6.07) is 29.1. The monoisotopic (exact) mass is 899 g/mol. The molecule has 0 unspecified atom stereocenters. The summed E-state index contributed by atoms with van der Waals surface area (Å²) < 4.78 is 1.55. The van der Waals surface area contributed by atoms with Crippen LogP contribution in [0.25, 0.3) is 14.5 Å². The number of halogens is 2. The summed E-state index contributed by atoms with van der Waals surface area (Å²) in [5.74, 6) is 0. The first kappa shape index (κ1) is 40.7.